The number of hydrogen-bond donors (Lipinski definition) is 1. The van der Waals surface area contributed by atoms with Crippen LogP contribution in [0, 0.1) is 13.8 Å². The van der Waals surface area contributed by atoms with Gasteiger partial charge in [-0.15, -0.1) is 0 Å². The molecule has 0 atom stereocenters. The van der Waals surface area contributed by atoms with Gasteiger partial charge in [-0.25, -0.2) is 4.98 Å². The van der Waals surface area contributed by atoms with Gasteiger partial charge in [0, 0.05) is 44.5 Å². The van der Waals surface area contributed by atoms with Crippen LogP contribution in [-0.2, 0) is 6.54 Å². The van der Waals surface area contributed by atoms with Crippen LogP contribution in [-0.4, -0.2) is 49.0 Å². The number of nitrogens with one attached hydrogen (secondary N) is 1. The standard InChI is InChI=1S/C20H26N4O/c1-15-4-5-16(2)18(12-15)20(25)22-14-17-6-7-19(21-13-17)24-10-8-23(3)9-11-24/h4-7,12-13H,8-11,14H2,1-3H3,(H,22,25). The van der Waals surface area contributed by atoms with E-state index >= 15 is 0 Å². The molecule has 2 heterocycles. The Morgan fingerprint density at radius 1 is 1.12 bits per heavy atom. The summed E-state index contributed by atoms with van der Waals surface area (Å²) < 4.78 is 0. The number of hydrogen-bond acceptors (Lipinski definition) is 4. The number of benzene rings is 1. The van der Waals surface area contributed by atoms with Crippen molar-refractivity contribution in [1.29, 1.82) is 0 Å². The van der Waals surface area contributed by atoms with E-state index in [1.165, 1.54) is 0 Å². The molecule has 5 nitrogen and oxygen atoms in total. The maximum atomic E-state index is 12.4. The van der Waals surface area contributed by atoms with Crippen LogP contribution >= 0.6 is 0 Å². The molecule has 25 heavy (non-hydrogen) atoms. The van der Waals surface area contributed by atoms with Gasteiger partial charge in [-0.3, -0.25) is 4.79 Å². The summed E-state index contributed by atoms with van der Waals surface area (Å²) in [4.78, 5) is 21.6. The molecule has 0 saturated carbocycles. The van der Waals surface area contributed by atoms with Crippen LogP contribution in [0.2, 0.25) is 0 Å². The third-order valence-corrected chi connectivity index (χ3v) is 4.73. The smallest absolute Gasteiger partial charge is 0.251 e. The summed E-state index contributed by atoms with van der Waals surface area (Å²) in [5, 5.41) is 2.99. The van der Waals surface area contributed by atoms with Gasteiger partial charge < -0.3 is 15.1 Å². The number of rotatable bonds is 4. The van der Waals surface area contributed by atoms with E-state index in [0.717, 1.165) is 54.3 Å². The number of likely N-dealkylation sites (N-methyl/N-ethyl adjacent to an activating group) is 1. The molecule has 5 heteroatoms. The third-order valence-electron chi connectivity index (χ3n) is 4.73. The highest BCUT2D eigenvalue weighted by Crippen LogP contribution is 2.14. The van der Waals surface area contributed by atoms with Crippen LogP contribution in [0.25, 0.3) is 0 Å². The predicted octanol–water partition coefficient (Wildman–Crippen LogP) is 2.38. The van der Waals surface area contributed by atoms with Crippen molar-refractivity contribution in [3.8, 4) is 0 Å². The van der Waals surface area contributed by atoms with Crippen molar-refractivity contribution in [2.75, 3.05) is 38.1 Å². The Morgan fingerprint density at radius 3 is 2.56 bits per heavy atom. The van der Waals surface area contributed by atoms with Gasteiger partial charge in [-0.1, -0.05) is 23.8 Å². The topological polar surface area (TPSA) is 48.5 Å². The Hall–Kier alpha value is -2.40. The summed E-state index contributed by atoms with van der Waals surface area (Å²) >= 11 is 0. The van der Waals surface area contributed by atoms with Crippen LogP contribution in [0.4, 0.5) is 5.82 Å². The SMILES string of the molecule is Cc1ccc(C)c(C(=O)NCc2ccc(N3CCN(C)CC3)nc2)c1. The van der Waals surface area contributed by atoms with Crippen molar-refractivity contribution in [2.45, 2.75) is 20.4 Å². The van der Waals surface area contributed by atoms with Crippen LogP contribution in [0.5, 0.6) is 0 Å². The molecule has 0 radical (unpaired) electrons. The predicted molar refractivity (Wildman–Crippen MR) is 101 cm³/mol. The molecule has 1 aromatic heterocycles. The zero-order chi connectivity index (χ0) is 17.8. The number of amides is 1. The summed E-state index contributed by atoms with van der Waals surface area (Å²) in [6.45, 7) is 8.59. The fraction of sp³-hybridized carbons (Fsp3) is 0.400. The van der Waals surface area contributed by atoms with Crippen molar-refractivity contribution < 1.29 is 4.79 Å². The molecule has 1 aliphatic heterocycles. The number of pyridine rings is 1. The molecule has 3 rings (SSSR count). The zero-order valence-corrected chi connectivity index (χ0v) is 15.2. The minimum Gasteiger partial charge on any atom is -0.354 e. The fourth-order valence-corrected chi connectivity index (χ4v) is 3.00. The van der Waals surface area contributed by atoms with Gasteiger partial charge in [0.25, 0.3) is 5.91 Å². The lowest BCUT2D eigenvalue weighted by Crippen LogP contribution is -2.44. The average Bonchev–Trinajstić information content (AvgIpc) is 2.63. The van der Waals surface area contributed by atoms with E-state index in [0.29, 0.717) is 6.54 Å². The minimum absolute atomic E-state index is 0.0376. The van der Waals surface area contributed by atoms with Crippen molar-refractivity contribution in [1.82, 2.24) is 15.2 Å². The molecular formula is C20H26N4O. The second kappa shape index (κ2) is 7.66. The molecule has 1 amide bonds. The lowest BCUT2D eigenvalue weighted by molar-refractivity contribution is 0.0950. The van der Waals surface area contributed by atoms with Gasteiger partial charge in [-0.2, -0.15) is 0 Å². The van der Waals surface area contributed by atoms with Crippen molar-refractivity contribution in [3.05, 3.63) is 58.8 Å². The van der Waals surface area contributed by atoms with Crippen molar-refractivity contribution in [2.24, 2.45) is 0 Å². The van der Waals surface area contributed by atoms with E-state index in [1.807, 2.05) is 50.4 Å². The summed E-state index contributed by atoms with van der Waals surface area (Å²) in [6, 6.07) is 10.0. The molecule has 132 valence electrons. The van der Waals surface area contributed by atoms with Crippen LogP contribution < -0.4 is 10.2 Å². The Labute approximate surface area is 149 Å². The lowest BCUT2D eigenvalue weighted by Gasteiger charge is -2.33. The van der Waals surface area contributed by atoms with Crippen LogP contribution in [0.3, 0.4) is 0 Å². The van der Waals surface area contributed by atoms with Gasteiger partial charge in [0.15, 0.2) is 0 Å². The highest BCUT2D eigenvalue weighted by Gasteiger charge is 2.15. The molecular weight excluding hydrogens is 312 g/mol. The molecule has 0 aliphatic carbocycles. The number of piperazine rings is 1. The van der Waals surface area contributed by atoms with E-state index in [-0.39, 0.29) is 5.91 Å². The fourth-order valence-electron chi connectivity index (χ4n) is 3.00. The first kappa shape index (κ1) is 17.4. The van der Waals surface area contributed by atoms with E-state index in [1.54, 1.807) is 0 Å². The summed E-state index contributed by atoms with van der Waals surface area (Å²) in [5.74, 6) is 0.974. The number of aromatic nitrogens is 1. The van der Waals surface area contributed by atoms with Crippen molar-refractivity contribution >= 4 is 11.7 Å². The number of carbonyl (C=O) groups excluding carboxylic acids is 1. The highest BCUT2D eigenvalue weighted by atomic mass is 16.1. The summed E-state index contributed by atoms with van der Waals surface area (Å²) in [5.41, 5.74) is 3.83. The summed E-state index contributed by atoms with van der Waals surface area (Å²) in [6.07, 6.45) is 1.86. The molecule has 1 aliphatic rings. The Morgan fingerprint density at radius 2 is 1.88 bits per heavy atom. The molecule has 0 unspecified atom stereocenters. The molecule has 1 fully saturated rings. The maximum absolute atomic E-state index is 12.4. The lowest BCUT2D eigenvalue weighted by atomic mass is 10.1. The maximum Gasteiger partial charge on any atom is 0.251 e. The van der Waals surface area contributed by atoms with Gasteiger partial charge >= 0.3 is 0 Å². The molecule has 1 N–H and O–H groups in total. The van der Waals surface area contributed by atoms with Gasteiger partial charge in [-0.05, 0) is 44.2 Å². The second-order valence-corrected chi connectivity index (χ2v) is 6.82. The van der Waals surface area contributed by atoms with E-state index in [4.69, 9.17) is 0 Å². The summed E-state index contributed by atoms with van der Waals surface area (Å²) in [7, 11) is 2.15. The number of aryl methyl sites for hydroxylation is 2. The van der Waals surface area contributed by atoms with Crippen molar-refractivity contribution in [3.63, 3.8) is 0 Å². The zero-order valence-electron chi connectivity index (χ0n) is 15.2. The Kier molecular flexibility index (Phi) is 5.34. The first-order chi connectivity index (χ1) is 12.0. The third kappa shape index (κ3) is 4.37. The van der Waals surface area contributed by atoms with E-state index in [2.05, 4.69) is 27.1 Å². The first-order valence-electron chi connectivity index (χ1n) is 8.77. The van der Waals surface area contributed by atoms with Gasteiger partial charge in [0.2, 0.25) is 0 Å². The molecule has 0 bridgehead atoms. The monoisotopic (exact) mass is 338 g/mol. The number of nitrogens with zero attached hydrogens (tertiary/aromatic N) is 3. The van der Waals surface area contributed by atoms with E-state index < -0.39 is 0 Å². The quantitative estimate of drug-likeness (QED) is 0.930. The number of anilines is 1. The molecule has 0 spiro atoms. The van der Waals surface area contributed by atoms with Gasteiger partial charge in [0.05, 0.1) is 0 Å². The average molecular weight is 338 g/mol. The van der Waals surface area contributed by atoms with Crippen LogP contribution in [0.1, 0.15) is 27.0 Å². The Balaban J connectivity index is 1.58. The van der Waals surface area contributed by atoms with Gasteiger partial charge in [0.1, 0.15) is 5.82 Å². The van der Waals surface area contributed by atoms with E-state index in [9.17, 15) is 4.79 Å². The number of carbonyl (C=O) groups is 1. The van der Waals surface area contributed by atoms with Crippen LogP contribution in [0.15, 0.2) is 36.5 Å². The minimum atomic E-state index is -0.0376. The Bertz CT molecular complexity index is 734. The molecule has 1 saturated heterocycles. The molecule has 2 aromatic rings. The molecule has 1 aromatic carbocycles. The highest BCUT2D eigenvalue weighted by molar-refractivity contribution is 5.95. The normalized spacial score (nSPS) is 15.2. The second-order valence-electron chi connectivity index (χ2n) is 6.82. The first-order valence-corrected chi connectivity index (χ1v) is 8.77. The largest absolute Gasteiger partial charge is 0.354 e.